The van der Waals surface area contributed by atoms with Gasteiger partial charge in [-0.2, -0.15) is 0 Å². The van der Waals surface area contributed by atoms with Crippen molar-refractivity contribution in [3.63, 3.8) is 0 Å². The van der Waals surface area contributed by atoms with E-state index < -0.39 is 0 Å². The van der Waals surface area contributed by atoms with Crippen molar-refractivity contribution < 1.29 is 13.9 Å². The summed E-state index contributed by atoms with van der Waals surface area (Å²) >= 11 is 0. The number of guanidine groups is 1. The van der Waals surface area contributed by atoms with Gasteiger partial charge in [-0.05, 0) is 36.6 Å². The predicted octanol–water partition coefficient (Wildman–Crippen LogP) is 3.43. The molecule has 1 amide bonds. The topological polar surface area (TPSA) is 74.8 Å². The first-order chi connectivity index (χ1) is 13.7. The van der Waals surface area contributed by atoms with E-state index in [0.29, 0.717) is 31.2 Å². The van der Waals surface area contributed by atoms with Crippen LogP contribution in [0.1, 0.15) is 24.0 Å². The second-order valence-electron chi connectivity index (χ2n) is 6.56. The Balaban J connectivity index is 0.00000300. The van der Waals surface area contributed by atoms with Gasteiger partial charge in [-0.1, -0.05) is 30.3 Å². The number of carbonyl (C=O) groups is 1. The Labute approximate surface area is 187 Å². The van der Waals surface area contributed by atoms with Crippen LogP contribution in [0.25, 0.3) is 0 Å². The first-order valence-corrected chi connectivity index (χ1v) is 9.35. The summed E-state index contributed by atoms with van der Waals surface area (Å²) in [6, 6.07) is 14.2. The van der Waals surface area contributed by atoms with E-state index >= 15 is 0 Å². The van der Waals surface area contributed by atoms with Crippen molar-refractivity contribution in [2.75, 3.05) is 19.0 Å². The smallest absolute Gasteiger partial charge is 0.253 e. The molecule has 1 unspecified atom stereocenters. The highest BCUT2D eigenvalue weighted by Crippen LogP contribution is 2.16. The molecule has 2 aromatic carbocycles. The van der Waals surface area contributed by atoms with Crippen molar-refractivity contribution >= 4 is 41.5 Å². The molecule has 0 bridgehead atoms. The number of nitrogens with one attached hydrogen (secondary N) is 3. The van der Waals surface area contributed by atoms with Crippen molar-refractivity contribution in [1.29, 1.82) is 0 Å². The maximum atomic E-state index is 13.7. The number of hydrogen-bond acceptors (Lipinski definition) is 3. The monoisotopic (exact) mass is 512 g/mol. The summed E-state index contributed by atoms with van der Waals surface area (Å²) in [5.41, 5.74) is 2.29. The van der Waals surface area contributed by atoms with Gasteiger partial charge >= 0.3 is 0 Å². The Bertz CT molecular complexity index is 841. The van der Waals surface area contributed by atoms with Crippen molar-refractivity contribution in [1.82, 2.24) is 10.6 Å². The van der Waals surface area contributed by atoms with Gasteiger partial charge in [0.1, 0.15) is 11.9 Å². The molecule has 6 nitrogen and oxygen atoms in total. The molecule has 1 aliphatic heterocycles. The Morgan fingerprint density at radius 3 is 2.69 bits per heavy atom. The van der Waals surface area contributed by atoms with E-state index in [1.165, 1.54) is 6.07 Å². The maximum absolute atomic E-state index is 13.7. The molecule has 0 saturated carbocycles. The maximum Gasteiger partial charge on any atom is 0.253 e. The second kappa shape index (κ2) is 11.7. The Morgan fingerprint density at radius 1 is 1.17 bits per heavy atom. The molecular formula is C21H26FIN4O2. The molecule has 0 aliphatic carbocycles. The minimum atomic E-state index is -0.358. The molecule has 8 heteroatoms. The fraction of sp³-hybridized carbons (Fsp3) is 0.333. The zero-order valence-electron chi connectivity index (χ0n) is 16.3. The number of amides is 1. The molecule has 29 heavy (non-hydrogen) atoms. The lowest BCUT2D eigenvalue weighted by molar-refractivity contribution is -0.124. The number of ether oxygens (including phenoxy) is 1. The summed E-state index contributed by atoms with van der Waals surface area (Å²) in [6.45, 7) is 1.49. The molecule has 0 aromatic heterocycles. The van der Waals surface area contributed by atoms with E-state index in [1.54, 1.807) is 25.2 Å². The minimum absolute atomic E-state index is 0. The van der Waals surface area contributed by atoms with E-state index in [0.717, 1.165) is 24.1 Å². The van der Waals surface area contributed by atoms with E-state index in [-0.39, 0.29) is 41.8 Å². The van der Waals surface area contributed by atoms with Crippen LogP contribution in [0.5, 0.6) is 0 Å². The number of carbonyl (C=O) groups excluding carboxylic acids is 1. The zero-order chi connectivity index (χ0) is 19.8. The lowest BCUT2D eigenvalue weighted by atomic mass is 10.2. The van der Waals surface area contributed by atoms with Gasteiger partial charge in [-0.3, -0.25) is 9.79 Å². The van der Waals surface area contributed by atoms with E-state index in [9.17, 15) is 9.18 Å². The molecular weight excluding hydrogens is 486 g/mol. The first kappa shape index (κ1) is 23.1. The second-order valence-corrected chi connectivity index (χ2v) is 6.56. The van der Waals surface area contributed by atoms with Gasteiger partial charge in [-0.15, -0.1) is 24.0 Å². The molecule has 1 heterocycles. The SMILES string of the molecule is CN=C(NCc1cccc(NC(=O)C2CCCO2)c1)NCc1ccccc1F.I. The van der Waals surface area contributed by atoms with Crippen LogP contribution >= 0.6 is 24.0 Å². The van der Waals surface area contributed by atoms with Crippen LogP contribution in [-0.4, -0.2) is 31.6 Å². The van der Waals surface area contributed by atoms with Crippen LogP contribution in [0.4, 0.5) is 10.1 Å². The highest BCUT2D eigenvalue weighted by molar-refractivity contribution is 14.0. The molecule has 1 aliphatic rings. The molecule has 0 spiro atoms. The lowest BCUT2D eigenvalue weighted by Crippen LogP contribution is -2.36. The number of halogens is 2. The zero-order valence-corrected chi connectivity index (χ0v) is 18.6. The average Bonchev–Trinajstić information content (AvgIpc) is 3.25. The first-order valence-electron chi connectivity index (χ1n) is 9.35. The normalized spacial score (nSPS) is 16.1. The summed E-state index contributed by atoms with van der Waals surface area (Å²) in [6.07, 6.45) is 1.32. The van der Waals surface area contributed by atoms with Crippen LogP contribution in [0.3, 0.4) is 0 Å². The van der Waals surface area contributed by atoms with Crippen LogP contribution in [-0.2, 0) is 22.6 Å². The van der Waals surface area contributed by atoms with E-state index in [1.807, 2.05) is 24.3 Å². The Kier molecular flexibility index (Phi) is 9.33. The quantitative estimate of drug-likeness (QED) is 0.315. The summed E-state index contributed by atoms with van der Waals surface area (Å²) in [5.74, 6) is 0.210. The minimum Gasteiger partial charge on any atom is -0.368 e. The standard InChI is InChI=1S/C21H25FN4O2.HI/c1-23-21(25-14-16-7-2-3-9-18(16)22)24-13-15-6-4-8-17(12-15)26-20(27)19-10-5-11-28-19;/h2-4,6-9,12,19H,5,10-11,13-14H2,1H3,(H,26,27)(H2,23,24,25);1H. The van der Waals surface area contributed by atoms with E-state index in [4.69, 9.17) is 4.74 Å². The third kappa shape index (κ3) is 6.97. The Morgan fingerprint density at radius 2 is 1.97 bits per heavy atom. The number of hydrogen-bond donors (Lipinski definition) is 3. The summed E-state index contributed by atoms with van der Waals surface area (Å²) in [4.78, 5) is 16.3. The molecule has 1 fully saturated rings. The summed E-state index contributed by atoms with van der Waals surface area (Å²) in [7, 11) is 1.66. The summed E-state index contributed by atoms with van der Waals surface area (Å²) in [5, 5.41) is 9.18. The van der Waals surface area contributed by atoms with Crippen LogP contribution in [0.2, 0.25) is 0 Å². The van der Waals surface area contributed by atoms with Gasteiger partial charge in [0.05, 0.1) is 0 Å². The van der Waals surface area contributed by atoms with Gasteiger partial charge in [0.2, 0.25) is 0 Å². The molecule has 0 radical (unpaired) electrons. The number of benzene rings is 2. The van der Waals surface area contributed by atoms with Gasteiger partial charge in [0.25, 0.3) is 5.91 Å². The Hall–Kier alpha value is -2.20. The third-order valence-corrected chi connectivity index (χ3v) is 4.50. The van der Waals surface area contributed by atoms with Crippen LogP contribution in [0, 0.1) is 5.82 Å². The van der Waals surface area contributed by atoms with Gasteiger partial charge in [0.15, 0.2) is 5.96 Å². The van der Waals surface area contributed by atoms with Crippen LogP contribution in [0.15, 0.2) is 53.5 Å². The molecule has 156 valence electrons. The van der Waals surface area contributed by atoms with Crippen molar-refractivity contribution in [3.05, 3.63) is 65.5 Å². The van der Waals surface area contributed by atoms with Crippen molar-refractivity contribution in [3.8, 4) is 0 Å². The molecule has 3 rings (SSSR count). The van der Waals surface area contributed by atoms with Crippen LogP contribution < -0.4 is 16.0 Å². The lowest BCUT2D eigenvalue weighted by Gasteiger charge is -2.14. The van der Waals surface area contributed by atoms with Gasteiger partial charge in [-0.25, -0.2) is 4.39 Å². The number of aliphatic imine (C=N–C) groups is 1. The fourth-order valence-corrected chi connectivity index (χ4v) is 2.99. The van der Waals surface area contributed by atoms with Crippen molar-refractivity contribution in [2.45, 2.75) is 32.0 Å². The largest absolute Gasteiger partial charge is 0.368 e. The number of nitrogens with zero attached hydrogens (tertiary/aromatic N) is 1. The highest BCUT2D eigenvalue weighted by Gasteiger charge is 2.23. The van der Waals surface area contributed by atoms with Crippen molar-refractivity contribution in [2.24, 2.45) is 4.99 Å². The molecule has 1 atom stereocenters. The van der Waals surface area contributed by atoms with E-state index in [2.05, 4.69) is 20.9 Å². The number of anilines is 1. The van der Waals surface area contributed by atoms with Gasteiger partial charge in [0, 0.05) is 38.0 Å². The number of rotatable bonds is 6. The molecule has 1 saturated heterocycles. The highest BCUT2D eigenvalue weighted by atomic mass is 127. The predicted molar refractivity (Wildman–Crippen MR) is 123 cm³/mol. The van der Waals surface area contributed by atoms with Gasteiger partial charge < -0.3 is 20.7 Å². The third-order valence-electron chi connectivity index (χ3n) is 4.50. The molecule has 2 aromatic rings. The summed E-state index contributed by atoms with van der Waals surface area (Å²) < 4.78 is 19.1. The fourth-order valence-electron chi connectivity index (χ4n) is 2.99. The molecule has 3 N–H and O–H groups in total. The average molecular weight is 512 g/mol.